The zero-order valence-corrected chi connectivity index (χ0v) is 12.7. The number of hydrazone groups is 1. The topological polar surface area (TPSA) is 120 Å². The van der Waals surface area contributed by atoms with Gasteiger partial charge in [-0.3, -0.25) is 25.1 Å². The van der Waals surface area contributed by atoms with E-state index in [1.165, 1.54) is 12.1 Å². The maximum Gasteiger partial charge on any atom is 0.276 e. The predicted octanol–water partition coefficient (Wildman–Crippen LogP) is 2.95. The molecule has 0 radical (unpaired) electrons. The van der Waals surface area contributed by atoms with Crippen molar-refractivity contribution in [3.8, 4) is 0 Å². The molecule has 0 saturated heterocycles. The molecule has 0 unspecified atom stereocenters. The molecule has 2 rings (SSSR count). The molecule has 0 heterocycles. The molecule has 0 aliphatic heterocycles. The third-order valence-corrected chi connectivity index (χ3v) is 3.09. The van der Waals surface area contributed by atoms with Crippen molar-refractivity contribution in [2.75, 3.05) is 0 Å². The Balaban J connectivity index is 2.01. The Bertz CT molecular complexity index is 744. The Morgan fingerprint density at radius 3 is 2.21 bits per heavy atom. The summed E-state index contributed by atoms with van der Waals surface area (Å²) in [5.74, 6) is 0. The van der Waals surface area contributed by atoms with Crippen molar-refractivity contribution in [1.82, 2.24) is 5.59 Å². The van der Waals surface area contributed by atoms with Gasteiger partial charge in [-0.25, -0.2) is 0 Å². The minimum absolute atomic E-state index is 0.117. The molecule has 0 aliphatic carbocycles. The molecule has 0 atom stereocenters. The van der Waals surface area contributed by atoms with E-state index in [4.69, 9.17) is 4.84 Å². The van der Waals surface area contributed by atoms with E-state index in [0.717, 1.165) is 11.6 Å². The van der Waals surface area contributed by atoms with Gasteiger partial charge in [-0.05, 0) is 18.1 Å². The van der Waals surface area contributed by atoms with Crippen LogP contribution in [0.25, 0.3) is 0 Å². The number of benzene rings is 2. The van der Waals surface area contributed by atoms with E-state index in [1.54, 1.807) is 6.92 Å². The summed E-state index contributed by atoms with van der Waals surface area (Å²) in [4.78, 5) is 25.3. The van der Waals surface area contributed by atoms with Gasteiger partial charge in [0.1, 0.15) is 6.61 Å². The van der Waals surface area contributed by atoms with Gasteiger partial charge in [-0.15, -0.1) is 0 Å². The molecule has 0 amide bonds. The zero-order chi connectivity index (χ0) is 17.5. The van der Waals surface area contributed by atoms with Gasteiger partial charge < -0.3 is 0 Å². The summed E-state index contributed by atoms with van der Waals surface area (Å²) in [5.41, 5.74) is 3.51. The molecule has 24 heavy (non-hydrogen) atoms. The van der Waals surface area contributed by atoms with E-state index < -0.39 is 9.85 Å². The zero-order valence-electron chi connectivity index (χ0n) is 12.7. The minimum Gasteiger partial charge on any atom is -0.258 e. The summed E-state index contributed by atoms with van der Waals surface area (Å²) in [6, 6.07) is 12.7. The average molecular weight is 330 g/mol. The van der Waals surface area contributed by atoms with Gasteiger partial charge >= 0.3 is 0 Å². The highest BCUT2D eigenvalue weighted by atomic mass is 16.7. The van der Waals surface area contributed by atoms with Gasteiger partial charge in [0, 0.05) is 12.1 Å². The number of hydrogen-bond acceptors (Lipinski definition) is 7. The predicted molar refractivity (Wildman–Crippen MR) is 86.3 cm³/mol. The standard InChI is InChI=1S/C15H14N4O5/c1-11(13-5-3-2-4-6-13)16-17-24-10-12-7-14(18(20)21)9-15(8-12)19(22)23/h2-9,17H,10H2,1H3/b16-11-. The Labute approximate surface area is 136 Å². The molecule has 0 bridgehead atoms. The van der Waals surface area contributed by atoms with Crippen molar-refractivity contribution in [2.45, 2.75) is 13.5 Å². The van der Waals surface area contributed by atoms with Gasteiger partial charge in [-0.2, -0.15) is 10.7 Å². The number of nitro groups is 2. The van der Waals surface area contributed by atoms with E-state index in [1.807, 2.05) is 30.3 Å². The van der Waals surface area contributed by atoms with Gasteiger partial charge in [0.25, 0.3) is 11.4 Å². The van der Waals surface area contributed by atoms with Crippen molar-refractivity contribution in [1.29, 1.82) is 0 Å². The highest BCUT2D eigenvalue weighted by Crippen LogP contribution is 2.22. The first-order valence-corrected chi connectivity index (χ1v) is 6.86. The quantitative estimate of drug-likeness (QED) is 0.361. The number of rotatable bonds is 7. The minimum atomic E-state index is -0.693. The van der Waals surface area contributed by atoms with Gasteiger partial charge in [-0.1, -0.05) is 30.3 Å². The molecule has 0 spiro atoms. The molecular formula is C15H14N4O5. The molecule has 0 aliphatic rings. The molecule has 0 fully saturated rings. The highest BCUT2D eigenvalue weighted by molar-refractivity contribution is 5.98. The van der Waals surface area contributed by atoms with Crippen LogP contribution in [0.1, 0.15) is 18.1 Å². The van der Waals surface area contributed by atoms with Crippen LogP contribution in [0.4, 0.5) is 11.4 Å². The van der Waals surface area contributed by atoms with Crippen molar-refractivity contribution in [2.24, 2.45) is 5.10 Å². The largest absolute Gasteiger partial charge is 0.276 e. The van der Waals surface area contributed by atoms with E-state index in [9.17, 15) is 20.2 Å². The van der Waals surface area contributed by atoms with Gasteiger partial charge in [0.2, 0.25) is 0 Å². The van der Waals surface area contributed by atoms with Crippen LogP contribution in [0.15, 0.2) is 53.6 Å². The number of nitrogens with zero attached hydrogens (tertiary/aromatic N) is 3. The number of hydrogen-bond donors (Lipinski definition) is 1. The molecule has 124 valence electrons. The monoisotopic (exact) mass is 330 g/mol. The van der Waals surface area contributed by atoms with E-state index in [2.05, 4.69) is 10.7 Å². The average Bonchev–Trinajstić information content (AvgIpc) is 2.59. The molecule has 0 aromatic heterocycles. The highest BCUT2D eigenvalue weighted by Gasteiger charge is 2.16. The first-order chi connectivity index (χ1) is 11.5. The fourth-order valence-corrected chi connectivity index (χ4v) is 1.91. The lowest BCUT2D eigenvalue weighted by molar-refractivity contribution is -0.394. The molecule has 9 nitrogen and oxygen atoms in total. The maximum atomic E-state index is 10.8. The molecule has 9 heteroatoms. The lowest BCUT2D eigenvalue weighted by atomic mass is 10.1. The smallest absolute Gasteiger partial charge is 0.258 e. The summed E-state index contributed by atoms with van der Waals surface area (Å²) in [5, 5.41) is 25.6. The number of nitrogens with one attached hydrogen (secondary N) is 1. The van der Waals surface area contributed by atoms with Crippen LogP contribution < -0.4 is 5.59 Å². The fourth-order valence-electron chi connectivity index (χ4n) is 1.91. The Morgan fingerprint density at radius 1 is 1.08 bits per heavy atom. The molecule has 2 aromatic rings. The van der Waals surface area contributed by atoms with Crippen LogP contribution in [0.2, 0.25) is 0 Å². The molecular weight excluding hydrogens is 316 g/mol. The maximum absolute atomic E-state index is 10.8. The number of non-ortho nitro benzene ring substituents is 2. The molecule has 1 N–H and O–H groups in total. The van der Waals surface area contributed by atoms with Crippen molar-refractivity contribution in [3.63, 3.8) is 0 Å². The van der Waals surface area contributed by atoms with E-state index in [-0.39, 0.29) is 23.5 Å². The van der Waals surface area contributed by atoms with E-state index >= 15 is 0 Å². The second kappa shape index (κ2) is 7.79. The fraction of sp³-hybridized carbons (Fsp3) is 0.133. The second-order valence-corrected chi connectivity index (χ2v) is 4.82. The summed E-state index contributed by atoms with van der Waals surface area (Å²) in [7, 11) is 0. The summed E-state index contributed by atoms with van der Waals surface area (Å²) in [6.45, 7) is 1.66. The molecule has 2 aromatic carbocycles. The van der Waals surface area contributed by atoms with Crippen LogP contribution in [-0.4, -0.2) is 15.6 Å². The first-order valence-electron chi connectivity index (χ1n) is 6.86. The van der Waals surface area contributed by atoms with Gasteiger partial charge in [0.15, 0.2) is 0 Å². The summed E-state index contributed by atoms with van der Waals surface area (Å²) in [6.07, 6.45) is 0. The van der Waals surface area contributed by atoms with Crippen LogP contribution in [0.5, 0.6) is 0 Å². The second-order valence-electron chi connectivity index (χ2n) is 4.82. The summed E-state index contributed by atoms with van der Waals surface area (Å²) >= 11 is 0. The van der Waals surface area contributed by atoms with Crippen molar-refractivity contribution in [3.05, 3.63) is 79.9 Å². The Hall–Kier alpha value is -3.33. The third-order valence-electron chi connectivity index (χ3n) is 3.09. The number of nitro benzene ring substituents is 2. The van der Waals surface area contributed by atoms with Crippen LogP contribution in [0, 0.1) is 20.2 Å². The van der Waals surface area contributed by atoms with Crippen LogP contribution in [-0.2, 0) is 11.4 Å². The normalized spacial score (nSPS) is 11.1. The van der Waals surface area contributed by atoms with Crippen molar-refractivity contribution < 1.29 is 14.7 Å². The van der Waals surface area contributed by atoms with E-state index in [0.29, 0.717) is 5.71 Å². The lowest BCUT2D eigenvalue weighted by Gasteiger charge is -2.05. The Kier molecular flexibility index (Phi) is 5.53. The SMILES string of the molecule is C/C(=N/NOCc1cc([N+](=O)[O-])cc([N+](=O)[O-])c1)c1ccccc1. The summed E-state index contributed by atoms with van der Waals surface area (Å²) < 4.78 is 0. The lowest BCUT2D eigenvalue weighted by Crippen LogP contribution is -2.10. The first kappa shape index (κ1) is 17.0. The van der Waals surface area contributed by atoms with Crippen LogP contribution >= 0.6 is 0 Å². The Morgan fingerprint density at radius 2 is 1.67 bits per heavy atom. The molecule has 0 saturated carbocycles. The van der Waals surface area contributed by atoms with Crippen molar-refractivity contribution >= 4 is 17.1 Å². The van der Waals surface area contributed by atoms with Gasteiger partial charge in [0.05, 0.1) is 21.6 Å². The van der Waals surface area contributed by atoms with Crippen LogP contribution in [0.3, 0.4) is 0 Å². The third kappa shape index (κ3) is 4.58.